The number of benzene rings is 1. The van der Waals surface area contributed by atoms with Gasteiger partial charge in [0.25, 0.3) is 0 Å². The lowest BCUT2D eigenvalue weighted by atomic mass is 9.95. The summed E-state index contributed by atoms with van der Waals surface area (Å²) in [5.41, 5.74) is 7.63. The summed E-state index contributed by atoms with van der Waals surface area (Å²) in [7, 11) is 1.61. The molecule has 1 heterocycles. The third-order valence-electron chi connectivity index (χ3n) is 3.94. The van der Waals surface area contributed by atoms with Gasteiger partial charge < -0.3 is 15.6 Å². The van der Waals surface area contributed by atoms with E-state index in [9.17, 15) is 5.11 Å². The van der Waals surface area contributed by atoms with Crippen LogP contribution in [-0.2, 0) is 6.54 Å². The Kier molecular flexibility index (Phi) is 4.96. The van der Waals surface area contributed by atoms with Gasteiger partial charge in [-0.2, -0.15) is 0 Å². The van der Waals surface area contributed by atoms with Crippen molar-refractivity contribution in [2.45, 2.75) is 26.0 Å². The van der Waals surface area contributed by atoms with Crippen LogP contribution in [0.2, 0.25) is 0 Å². The molecule has 5 heteroatoms. The number of nitrogens with two attached hydrogens (primary N) is 1. The normalized spacial score (nSPS) is 23.6. The van der Waals surface area contributed by atoms with E-state index in [4.69, 9.17) is 22.7 Å². The Morgan fingerprint density at radius 3 is 2.90 bits per heavy atom. The number of nitrogens with zero attached hydrogens (tertiary/aromatic N) is 1. The number of hydrogen-bond acceptors (Lipinski definition) is 4. The van der Waals surface area contributed by atoms with E-state index in [1.165, 1.54) is 0 Å². The van der Waals surface area contributed by atoms with Crippen LogP contribution in [-0.4, -0.2) is 41.3 Å². The van der Waals surface area contributed by atoms with Crippen LogP contribution in [0.1, 0.15) is 24.5 Å². The van der Waals surface area contributed by atoms with Crippen LogP contribution in [0.5, 0.6) is 5.75 Å². The SMILES string of the molecule is COc1ccc(CN2CCC(C)C(O)C2)cc1C(N)=S. The topological polar surface area (TPSA) is 58.7 Å². The van der Waals surface area contributed by atoms with Gasteiger partial charge in [-0.15, -0.1) is 0 Å². The summed E-state index contributed by atoms with van der Waals surface area (Å²) in [6.07, 6.45) is 0.788. The summed E-state index contributed by atoms with van der Waals surface area (Å²) in [6, 6.07) is 5.89. The first-order valence-electron chi connectivity index (χ1n) is 6.88. The fourth-order valence-electron chi connectivity index (χ4n) is 2.56. The Morgan fingerprint density at radius 1 is 1.55 bits per heavy atom. The van der Waals surface area contributed by atoms with E-state index < -0.39 is 0 Å². The quantitative estimate of drug-likeness (QED) is 0.825. The third-order valence-corrected chi connectivity index (χ3v) is 4.16. The number of likely N-dealkylation sites (tertiary alicyclic amines) is 1. The van der Waals surface area contributed by atoms with Gasteiger partial charge >= 0.3 is 0 Å². The molecule has 0 saturated carbocycles. The standard InChI is InChI=1S/C15H22N2O2S/c1-10-5-6-17(9-13(10)18)8-11-3-4-14(19-2)12(7-11)15(16)20/h3-4,7,10,13,18H,5-6,8-9H2,1-2H3,(H2,16,20). The first-order valence-corrected chi connectivity index (χ1v) is 7.29. The number of piperidine rings is 1. The fourth-order valence-corrected chi connectivity index (χ4v) is 2.72. The summed E-state index contributed by atoms with van der Waals surface area (Å²) in [5, 5.41) is 9.95. The molecule has 20 heavy (non-hydrogen) atoms. The van der Waals surface area contributed by atoms with E-state index >= 15 is 0 Å². The Labute approximate surface area is 125 Å². The van der Waals surface area contributed by atoms with E-state index in [1.807, 2.05) is 18.2 Å². The number of rotatable bonds is 4. The molecule has 1 aromatic rings. The van der Waals surface area contributed by atoms with Crippen molar-refractivity contribution in [1.82, 2.24) is 4.90 Å². The van der Waals surface area contributed by atoms with Crippen molar-refractivity contribution in [2.75, 3.05) is 20.2 Å². The average molecular weight is 294 g/mol. The van der Waals surface area contributed by atoms with Crippen molar-refractivity contribution < 1.29 is 9.84 Å². The molecule has 2 rings (SSSR count). The van der Waals surface area contributed by atoms with Crippen LogP contribution in [0.25, 0.3) is 0 Å². The fraction of sp³-hybridized carbons (Fsp3) is 0.533. The second-order valence-corrected chi connectivity index (χ2v) is 5.91. The Morgan fingerprint density at radius 2 is 2.30 bits per heavy atom. The lowest BCUT2D eigenvalue weighted by Crippen LogP contribution is -2.42. The number of aliphatic hydroxyl groups excluding tert-OH is 1. The molecule has 1 aliphatic rings. The lowest BCUT2D eigenvalue weighted by Gasteiger charge is -2.34. The maximum Gasteiger partial charge on any atom is 0.129 e. The van der Waals surface area contributed by atoms with Crippen LogP contribution >= 0.6 is 12.2 Å². The summed E-state index contributed by atoms with van der Waals surface area (Å²) in [4.78, 5) is 2.60. The van der Waals surface area contributed by atoms with Gasteiger partial charge in [0.15, 0.2) is 0 Å². The van der Waals surface area contributed by atoms with Crippen molar-refractivity contribution in [3.8, 4) is 5.75 Å². The van der Waals surface area contributed by atoms with Crippen LogP contribution in [0.4, 0.5) is 0 Å². The van der Waals surface area contributed by atoms with Gasteiger partial charge in [0.2, 0.25) is 0 Å². The molecule has 0 aliphatic carbocycles. The second kappa shape index (κ2) is 6.52. The molecule has 0 aromatic heterocycles. The van der Waals surface area contributed by atoms with Gasteiger partial charge in [-0.05, 0) is 36.6 Å². The number of aliphatic hydroxyl groups is 1. The first kappa shape index (κ1) is 15.2. The predicted molar refractivity (Wildman–Crippen MR) is 83.9 cm³/mol. The van der Waals surface area contributed by atoms with Crippen molar-refractivity contribution in [3.05, 3.63) is 29.3 Å². The molecule has 1 saturated heterocycles. The molecule has 0 spiro atoms. The highest BCUT2D eigenvalue weighted by molar-refractivity contribution is 7.80. The molecule has 0 bridgehead atoms. The van der Waals surface area contributed by atoms with E-state index in [0.717, 1.165) is 37.2 Å². The maximum absolute atomic E-state index is 9.95. The van der Waals surface area contributed by atoms with Crippen LogP contribution in [0, 0.1) is 5.92 Å². The molecule has 1 aliphatic heterocycles. The minimum atomic E-state index is -0.239. The van der Waals surface area contributed by atoms with Gasteiger partial charge in [0.05, 0.1) is 18.8 Å². The van der Waals surface area contributed by atoms with Gasteiger partial charge in [-0.3, -0.25) is 4.90 Å². The highest BCUT2D eigenvalue weighted by Gasteiger charge is 2.24. The summed E-state index contributed by atoms with van der Waals surface area (Å²) < 4.78 is 5.26. The van der Waals surface area contributed by atoms with Gasteiger partial charge in [-0.25, -0.2) is 0 Å². The van der Waals surface area contributed by atoms with Crippen molar-refractivity contribution in [2.24, 2.45) is 11.7 Å². The molecule has 2 unspecified atom stereocenters. The Bertz CT molecular complexity index is 493. The summed E-state index contributed by atoms with van der Waals surface area (Å²) in [6.45, 7) is 4.62. The highest BCUT2D eigenvalue weighted by atomic mass is 32.1. The minimum Gasteiger partial charge on any atom is -0.496 e. The zero-order valence-electron chi connectivity index (χ0n) is 12.0. The van der Waals surface area contributed by atoms with Crippen molar-refractivity contribution in [1.29, 1.82) is 0 Å². The summed E-state index contributed by atoms with van der Waals surface area (Å²) in [5.74, 6) is 1.09. The van der Waals surface area contributed by atoms with Crippen molar-refractivity contribution >= 4 is 17.2 Å². The monoisotopic (exact) mass is 294 g/mol. The zero-order valence-corrected chi connectivity index (χ0v) is 12.8. The lowest BCUT2D eigenvalue weighted by molar-refractivity contribution is 0.0259. The smallest absolute Gasteiger partial charge is 0.129 e. The second-order valence-electron chi connectivity index (χ2n) is 5.47. The molecule has 110 valence electrons. The number of methoxy groups -OCH3 is 1. The maximum atomic E-state index is 9.95. The molecule has 2 atom stereocenters. The largest absolute Gasteiger partial charge is 0.496 e. The Balaban J connectivity index is 2.10. The highest BCUT2D eigenvalue weighted by Crippen LogP contribution is 2.23. The van der Waals surface area contributed by atoms with Gasteiger partial charge in [0, 0.05) is 13.1 Å². The zero-order chi connectivity index (χ0) is 14.7. The predicted octanol–water partition coefficient (Wildman–Crippen LogP) is 1.53. The molecular weight excluding hydrogens is 272 g/mol. The van der Waals surface area contributed by atoms with Crippen LogP contribution in [0.3, 0.4) is 0 Å². The van der Waals surface area contributed by atoms with Crippen LogP contribution < -0.4 is 10.5 Å². The van der Waals surface area contributed by atoms with Gasteiger partial charge in [-0.1, -0.05) is 25.2 Å². The van der Waals surface area contributed by atoms with Crippen molar-refractivity contribution in [3.63, 3.8) is 0 Å². The molecular formula is C15H22N2O2S. The first-order chi connectivity index (χ1) is 9.51. The minimum absolute atomic E-state index is 0.239. The number of hydrogen-bond donors (Lipinski definition) is 2. The van der Waals surface area contributed by atoms with Crippen LogP contribution in [0.15, 0.2) is 18.2 Å². The molecule has 0 radical (unpaired) electrons. The Hall–Kier alpha value is -1.17. The number of thiocarbonyl (C=S) groups is 1. The third kappa shape index (κ3) is 3.48. The van der Waals surface area contributed by atoms with E-state index in [2.05, 4.69) is 11.8 Å². The number of β-amino-alcohol motifs (C(OH)–C–C–N with tert-alkyl or cyclic N) is 1. The van der Waals surface area contributed by atoms with E-state index in [-0.39, 0.29) is 6.10 Å². The van der Waals surface area contributed by atoms with Gasteiger partial charge in [0.1, 0.15) is 10.7 Å². The molecule has 4 nitrogen and oxygen atoms in total. The molecule has 0 amide bonds. The molecule has 3 N–H and O–H groups in total. The number of ether oxygens (including phenoxy) is 1. The molecule has 1 fully saturated rings. The molecule has 1 aromatic carbocycles. The average Bonchev–Trinajstić information content (AvgIpc) is 2.43. The summed E-state index contributed by atoms with van der Waals surface area (Å²) >= 11 is 5.06. The van der Waals surface area contributed by atoms with E-state index in [1.54, 1.807) is 7.11 Å². The van der Waals surface area contributed by atoms with E-state index in [0.29, 0.717) is 16.7 Å².